The molecule has 4 aromatic rings. The van der Waals surface area contributed by atoms with Crippen LogP contribution in [0.15, 0.2) is 54.9 Å². The Morgan fingerprint density at radius 1 is 1.10 bits per heavy atom. The fraction of sp³-hybridized carbons (Fsp3) is 0.273. The number of benzene rings is 1. The van der Waals surface area contributed by atoms with Crippen LogP contribution in [-0.4, -0.2) is 43.8 Å². The quantitative estimate of drug-likeness (QED) is 0.525. The van der Waals surface area contributed by atoms with Crippen LogP contribution < -0.4 is 5.32 Å². The van der Waals surface area contributed by atoms with E-state index < -0.39 is 0 Å². The molecule has 152 valence electrons. The molecular formula is C22H21ClN6O. The zero-order chi connectivity index (χ0) is 20.3. The van der Waals surface area contributed by atoms with Crippen molar-refractivity contribution in [3.05, 3.63) is 71.3 Å². The van der Waals surface area contributed by atoms with Crippen molar-refractivity contribution < 1.29 is 4.74 Å². The third kappa shape index (κ3) is 3.99. The second-order valence-electron chi connectivity index (χ2n) is 7.32. The van der Waals surface area contributed by atoms with E-state index in [9.17, 15) is 0 Å². The molecule has 30 heavy (non-hydrogen) atoms. The van der Waals surface area contributed by atoms with Crippen molar-refractivity contribution in [2.45, 2.75) is 25.3 Å². The minimum absolute atomic E-state index is 0.348. The molecular weight excluding hydrogens is 400 g/mol. The topological polar surface area (TPSA) is 77.2 Å². The molecule has 1 N–H and O–H groups in total. The van der Waals surface area contributed by atoms with Gasteiger partial charge in [0.25, 0.3) is 0 Å². The van der Waals surface area contributed by atoms with Gasteiger partial charge in [-0.2, -0.15) is 0 Å². The van der Waals surface area contributed by atoms with Gasteiger partial charge < -0.3 is 10.1 Å². The normalized spacial score (nSPS) is 14.8. The molecule has 0 bridgehead atoms. The van der Waals surface area contributed by atoms with Gasteiger partial charge in [0.2, 0.25) is 5.95 Å². The first-order valence-electron chi connectivity index (χ1n) is 10.0. The molecule has 0 aliphatic carbocycles. The number of hydrogen-bond donors (Lipinski definition) is 1. The van der Waals surface area contributed by atoms with Gasteiger partial charge in [0.15, 0.2) is 5.65 Å². The molecule has 1 saturated heterocycles. The predicted molar refractivity (Wildman–Crippen MR) is 116 cm³/mol. The van der Waals surface area contributed by atoms with Crippen LogP contribution in [0.5, 0.6) is 0 Å². The molecule has 1 aliphatic rings. The molecule has 0 spiro atoms. The third-order valence-corrected chi connectivity index (χ3v) is 5.66. The highest BCUT2D eigenvalue weighted by Gasteiger charge is 2.15. The maximum Gasteiger partial charge on any atom is 0.223 e. The first-order chi connectivity index (χ1) is 14.8. The first kappa shape index (κ1) is 19.0. The molecule has 5 rings (SSSR count). The molecule has 3 aromatic heterocycles. The lowest BCUT2D eigenvalue weighted by atomic mass is 10.1. The van der Waals surface area contributed by atoms with E-state index in [-0.39, 0.29) is 0 Å². The standard InChI is InChI=1S/C22H21ClN6O/c23-18-4-2-1-3-15(18)13-20-27-28-21-14-16(6-10-29(20)21)19-5-9-24-22(26-19)25-17-7-11-30-12-8-17/h1-6,9-10,14,17H,7-8,11-13H2,(H,24,25,26). The second kappa shape index (κ2) is 8.38. The fourth-order valence-electron chi connectivity index (χ4n) is 3.65. The first-order valence-corrected chi connectivity index (χ1v) is 10.4. The molecule has 0 amide bonds. The van der Waals surface area contributed by atoms with Crippen LogP contribution in [0.4, 0.5) is 5.95 Å². The smallest absolute Gasteiger partial charge is 0.223 e. The Morgan fingerprint density at radius 3 is 2.83 bits per heavy atom. The maximum absolute atomic E-state index is 6.30. The molecule has 8 heteroatoms. The molecule has 1 aliphatic heterocycles. The number of nitrogens with zero attached hydrogens (tertiary/aromatic N) is 5. The summed E-state index contributed by atoms with van der Waals surface area (Å²) in [6.07, 6.45) is 6.30. The van der Waals surface area contributed by atoms with E-state index in [4.69, 9.17) is 21.3 Å². The molecule has 4 heterocycles. The van der Waals surface area contributed by atoms with Crippen molar-refractivity contribution in [1.82, 2.24) is 24.6 Å². The van der Waals surface area contributed by atoms with Crippen LogP contribution in [0.3, 0.4) is 0 Å². The number of halogens is 1. The van der Waals surface area contributed by atoms with Crippen molar-refractivity contribution >= 4 is 23.2 Å². The second-order valence-corrected chi connectivity index (χ2v) is 7.73. The van der Waals surface area contributed by atoms with Gasteiger partial charge in [0.05, 0.1) is 5.69 Å². The van der Waals surface area contributed by atoms with Crippen LogP contribution in [-0.2, 0) is 11.2 Å². The summed E-state index contributed by atoms with van der Waals surface area (Å²) in [5, 5.41) is 12.9. The van der Waals surface area contributed by atoms with E-state index in [0.717, 1.165) is 59.4 Å². The fourth-order valence-corrected chi connectivity index (χ4v) is 3.85. The Bertz CT molecular complexity index is 1170. The Kier molecular flexibility index (Phi) is 5.29. The summed E-state index contributed by atoms with van der Waals surface area (Å²) >= 11 is 6.30. The SMILES string of the molecule is Clc1ccccc1Cc1nnc2cc(-c3ccnc(NC4CCOCC4)n3)ccn12. The number of rotatable bonds is 5. The highest BCUT2D eigenvalue weighted by atomic mass is 35.5. The Balaban J connectivity index is 1.39. The van der Waals surface area contributed by atoms with Gasteiger partial charge in [-0.25, -0.2) is 9.97 Å². The molecule has 7 nitrogen and oxygen atoms in total. The lowest BCUT2D eigenvalue weighted by Gasteiger charge is -2.23. The Labute approximate surface area is 179 Å². The van der Waals surface area contributed by atoms with Crippen molar-refractivity contribution in [2.75, 3.05) is 18.5 Å². The van der Waals surface area contributed by atoms with Gasteiger partial charge in [-0.05, 0) is 42.7 Å². The minimum atomic E-state index is 0.348. The molecule has 0 unspecified atom stereocenters. The Morgan fingerprint density at radius 2 is 1.97 bits per heavy atom. The lowest BCUT2D eigenvalue weighted by molar-refractivity contribution is 0.0903. The largest absolute Gasteiger partial charge is 0.381 e. The van der Waals surface area contributed by atoms with Gasteiger partial charge in [-0.15, -0.1) is 10.2 Å². The number of ether oxygens (including phenoxy) is 1. The summed E-state index contributed by atoms with van der Waals surface area (Å²) in [5.41, 5.74) is 3.61. The van der Waals surface area contributed by atoms with Gasteiger partial charge in [0.1, 0.15) is 5.82 Å². The number of anilines is 1. The molecule has 0 radical (unpaired) electrons. The van der Waals surface area contributed by atoms with Crippen LogP contribution in [0.1, 0.15) is 24.2 Å². The molecule has 1 fully saturated rings. The van der Waals surface area contributed by atoms with E-state index in [1.54, 1.807) is 6.20 Å². The van der Waals surface area contributed by atoms with Crippen molar-refractivity contribution in [1.29, 1.82) is 0 Å². The van der Waals surface area contributed by atoms with Crippen LogP contribution in [0, 0.1) is 0 Å². The van der Waals surface area contributed by atoms with Crippen molar-refractivity contribution in [3.8, 4) is 11.3 Å². The number of hydrogen-bond acceptors (Lipinski definition) is 6. The highest BCUT2D eigenvalue weighted by Crippen LogP contribution is 2.22. The number of pyridine rings is 1. The molecule has 0 saturated carbocycles. The summed E-state index contributed by atoms with van der Waals surface area (Å²) in [4.78, 5) is 9.06. The average Bonchev–Trinajstić information content (AvgIpc) is 3.18. The summed E-state index contributed by atoms with van der Waals surface area (Å²) in [6, 6.07) is 14.1. The van der Waals surface area contributed by atoms with E-state index >= 15 is 0 Å². The number of aromatic nitrogens is 5. The molecule has 1 aromatic carbocycles. The maximum atomic E-state index is 6.30. The monoisotopic (exact) mass is 420 g/mol. The van der Waals surface area contributed by atoms with Crippen LogP contribution >= 0.6 is 11.6 Å². The number of nitrogens with one attached hydrogen (secondary N) is 1. The summed E-state index contributed by atoms with van der Waals surface area (Å²) in [5.74, 6) is 1.48. The summed E-state index contributed by atoms with van der Waals surface area (Å²) in [7, 11) is 0. The number of fused-ring (bicyclic) bond motifs is 1. The van der Waals surface area contributed by atoms with Crippen molar-refractivity contribution in [2.24, 2.45) is 0 Å². The van der Waals surface area contributed by atoms with Crippen LogP contribution in [0.25, 0.3) is 16.9 Å². The zero-order valence-electron chi connectivity index (χ0n) is 16.3. The average molecular weight is 421 g/mol. The van der Waals surface area contributed by atoms with Gasteiger partial charge >= 0.3 is 0 Å². The van der Waals surface area contributed by atoms with Gasteiger partial charge in [-0.3, -0.25) is 4.40 Å². The predicted octanol–water partition coefficient (Wildman–Crippen LogP) is 4.02. The third-order valence-electron chi connectivity index (χ3n) is 5.29. The van der Waals surface area contributed by atoms with Gasteiger partial charge in [-0.1, -0.05) is 29.8 Å². The van der Waals surface area contributed by atoms with E-state index in [2.05, 4.69) is 20.5 Å². The summed E-state index contributed by atoms with van der Waals surface area (Å²) in [6.45, 7) is 1.55. The van der Waals surface area contributed by atoms with E-state index in [1.807, 2.05) is 53.1 Å². The zero-order valence-corrected chi connectivity index (χ0v) is 17.1. The highest BCUT2D eigenvalue weighted by molar-refractivity contribution is 6.31. The minimum Gasteiger partial charge on any atom is -0.381 e. The van der Waals surface area contributed by atoms with Crippen LogP contribution in [0.2, 0.25) is 5.02 Å². The summed E-state index contributed by atoms with van der Waals surface area (Å²) < 4.78 is 7.40. The van der Waals surface area contributed by atoms with E-state index in [0.29, 0.717) is 18.4 Å². The van der Waals surface area contributed by atoms with E-state index in [1.165, 1.54) is 0 Å². The Hall–Kier alpha value is -3.03. The van der Waals surface area contributed by atoms with Crippen molar-refractivity contribution in [3.63, 3.8) is 0 Å². The molecule has 0 atom stereocenters. The van der Waals surface area contributed by atoms with Gasteiger partial charge in [0, 0.05) is 48.7 Å². The lowest BCUT2D eigenvalue weighted by Crippen LogP contribution is -2.28.